The zero-order chi connectivity index (χ0) is 12.3. The van der Waals surface area contributed by atoms with E-state index in [0.29, 0.717) is 17.4 Å². The minimum Gasteiger partial charge on any atom is -0.396 e. The number of nitrogens with zero attached hydrogens (tertiary/aromatic N) is 2. The van der Waals surface area contributed by atoms with Crippen LogP contribution in [-0.4, -0.2) is 34.1 Å². The van der Waals surface area contributed by atoms with Gasteiger partial charge in [-0.1, -0.05) is 25.7 Å². The van der Waals surface area contributed by atoms with Crippen LogP contribution in [-0.2, 0) is 0 Å². The molecule has 0 aromatic carbocycles. The predicted molar refractivity (Wildman–Crippen MR) is 66.6 cm³/mol. The van der Waals surface area contributed by atoms with Crippen LogP contribution >= 0.6 is 0 Å². The summed E-state index contributed by atoms with van der Waals surface area (Å²) in [5.74, 6) is -0.0492. The fourth-order valence-electron chi connectivity index (χ4n) is 2.45. The van der Waals surface area contributed by atoms with Gasteiger partial charge in [0.15, 0.2) is 0 Å². The van der Waals surface area contributed by atoms with Gasteiger partial charge in [-0.05, 0) is 12.8 Å². The fourth-order valence-corrected chi connectivity index (χ4v) is 2.45. The number of carbonyl (C=O) groups is 1. The normalized spacial score (nSPS) is 17.7. The lowest BCUT2D eigenvalue weighted by molar-refractivity contribution is 0.0713. The highest BCUT2D eigenvalue weighted by Crippen LogP contribution is 2.22. The van der Waals surface area contributed by atoms with Crippen molar-refractivity contribution in [2.75, 3.05) is 12.8 Å². The van der Waals surface area contributed by atoms with Gasteiger partial charge in [-0.15, -0.1) is 0 Å². The second kappa shape index (κ2) is 5.21. The Balaban J connectivity index is 2.06. The van der Waals surface area contributed by atoms with Gasteiger partial charge in [0.2, 0.25) is 0 Å². The number of rotatable bonds is 2. The van der Waals surface area contributed by atoms with E-state index in [-0.39, 0.29) is 5.91 Å². The van der Waals surface area contributed by atoms with Crippen LogP contribution in [0.15, 0.2) is 6.20 Å². The average molecular weight is 236 g/mol. The Bertz CT molecular complexity index is 380. The number of nitrogens with one attached hydrogen (secondary N) is 1. The lowest BCUT2D eigenvalue weighted by atomic mass is 10.1. The van der Waals surface area contributed by atoms with Crippen molar-refractivity contribution in [1.29, 1.82) is 0 Å². The van der Waals surface area contributed by atoms with E-state index in [1.165, 1.54) is 31.9 Å². The van der Waals surface area contributed by atoms with Crippen molar-refractivity contribution in [2.45, 2.75) is 44.6 Å². The third-order valence-corrected chi connectivity index (χ3v) is 3.58. The Morgan fingerprint density at radius 3 is 2.59 bits per heavy atom. The average Bonchev–Trinajstić information content (AvgIpc) is 2.60. The van der Waals surface area contributed by atoms with E-state index in [0.717, 1.165) is 12.8 Å². The van der Waals surface area contributed by atoms with E-state index < -0.39 is 0 Å². The number of hydrogen-bond donors (Lipinski definition) is 2. The fraction of sp³-hybridized carbons (Fsp3) is 0.667. The highest BCUT2D eigenvalue weighted by Gasteiger charge is 2.24. The van der Waals surface area contributed by atoms with Gasteiger partial charge in [-0.25, -0.2) is 0 Å². The van der Waals surface area contributed by atoms with Crippen LogP contribution in [0.1, 0.15) is 49.0 Å². The van der Waals surface area contributed by atoms with Crippen LogP contribution in [0.25, 0.3) is 0 Å². The summed E-state index contributed by atoms with van der Waals surface area (Å²) in [5, 5.41) is 6.47. The zero-order valence-corrected chi connectivity index (χ0v) is 10.3. The number of aromatic nitrogens is 2. The molecule has 0 saturated heterocycles. The van der Waals surface area contributed by atoms with Gasteiger partial charge in [0, 0.05) is 13.1 Å². The molecule has 0 radical (unpaired) electrons. The molecule has 0 spiro atoms. The Hall–Kier alpha value is -1.52. The summed E-state index contributed by atoms with van der Waals surface area (Å²) in [6, 6.07) is 0.340. The number of amides is 1. The number of aromatic amines is 1. The standard InChI is InChI=1S/C12H20N4O/c1-16(9-6-4-2-3-5-7-9)12(17)11-10(13)8-14-15-11/h8-9H,2-7,13H2,1H3,(H,14,15). The van der Waals surface area contributed by atoms with E-state index in [4.69, 9.17) is 5.73 Å². The van der Waals surface area contributed by atoms with Crippen LogP contribution in [0.2, 0.25) is 0 Å². The number of H-pyrrole nitrogens is 1. The molecule has 1 amide bonds. The predicted octanol–water partition coefficient (Wildman–Crippen LogP) is 1.79. The van der Waals surface area contributed by atoms with Crippen LogP contribution in [0.4, 0.5) is 5.69 Å². The van der Waals surface area contributed by atoms with E-state index >= 15 is 0 Å². The summed E-state index contributed by atoms with van der Waals surface area (Å²) >= 11 is 0. The molecule has 1 heterocycles. The largest absolute Gasteiger partial charge is 0.396 e. The first-order valence-corrected chi connectivity index (χ1v) is 6.26. The summed E-state index contributed by atoms with van der Waals surface area (Å²) in [5.41, 5.74) is 6.54. The molecule has 94 valence electrons. The maximum Gasteiger partial charge on any atom is 0.274 e. The maximum atomic E-state index is 12.2. The van der Waals surface area contributed by atoms with Crippen molar-refractivity contribution >= 4 is 11.6 Å². The Kier molecular flexibility index (Phi) is 3.66. The smallest absolute Gasteiger partial charge is 0.274 e. The van der Waals surface area contributed by atoms with E-state index in [1.54, 1.807) is 0 Å². The van der Waals surface area contributed by atoms with Crippen molar-refractivity contribution in [3.05, 3.63) is 11.9 Å². The Labute approximate surface area is 101 Å². The summed E-state index contributed by atoms with van der Waals surface area (Å²) in [6.45, 7) is 0. The summed E-state index contributed by atoms with van der Waals surface area (Å²) < 4.78 is 0. The molecule has 1 aromatic heterocycles. The van der Waals surface area contributed by atoms with Crippen molar-refractivity contribution in [3.63, 3.8) is 0 Å². The van der Waals surface area contributed by atoms with Crippen molar-refractivity contribution in [1.82, 2.24) is 15.1 Å². The molecule has 0 unspecified atom stereocenters. The second-order valence-electron chi connectivity index (χ2n) is 4.76. The van der Waals surface area contributed by atoms with Crippen molar-refractivity contribution in [3.8, 4) is 0 Å². The quantitative estimate of drug-likeness (QED) is 0.769. The summed E-state index contributed by atoms with van der Waals surface area (Å²) in [7, 11) is 1.86. The zero-order valence-electron chi connectivity index (χ0n) is 10.3. The molecule has 5 heteroatoms. The molecule has 1 aliphatic rings. The molecule has 1 aromatic rings. The van der Waals surface area contributed by atoms with Gasteiger partial charge in [-0.2, -0.15) is 5.10 Å². The number of anilines is 1. The van der Waals surface area contributed by atoms with Gasteiger partial charge < -0.3 is 10.6 Å². The lowest BCUT2D eigenvalue weighted by Crippen LogP contribution is -2.37. The Morgan fingerprint density at radius 2 is 2.06 bits per heavy atom. The molecular weight excluding hydrogens is 216 g/mol. The molecule has 1 saturated carbocycles. The van der Waals surface area contributed by atoms with Crippen LogP contribution in [0.3, 0.4) is 0 Å². The van der Waals surface area contributed by atoms with Crippen LogP contribution in [0.5, 0.6) is 0 Å². The van der Waals surface area contributed by atoms with E-state index in [9.17, 15) is 4.79 Å². The van der Waals surface area contributed by atoms with E-state index in [2.05, 4.69) is 10.2 Å². The molecule has 2 rings (SSSR count). The lowest BCUT2D eigenvalue weighted by Gasteiger charge is -2.26. The number of nitrogen functional groups attached to an aromatic ring is 1. The van der Waals surface area contributed by atoms with Gasteiger partial charge >= 0.3 is 0 Å². The number of nitrogens with two attached hydrogens (primary N) is 1. The molecule has 3 N–H and O–H groups in total. The molecule has 5 nitrogen and oxygen atoms in total. The first-order valence-electron chi connectivity index (χ1n) is 6.26. The SMILES string of the molecule is CN(C(=O)c1[nH]ncc1N)C1CCCCCC1. The van der Waals surface area contributed by atoms with Crippen LogP contribution in [0, 0.1) is 0 Å². The molecular formula is C12H20N4O. The highest BCUT2D eigenvalue weighted by atomic mass is 16.2. The van der Waals surface area contributed by atoms with Crippen molar-refractivity contribution < 1.29 is 4.79 Å². The monoisotopic (exact) mass is 236 g/mol. The number of hydrogen-bond acceptors (Lipinski definition) is 3. The molecule has 17 heavy (non-hydrogen) atoms. The number of carbonyl (C=O) groups excluding carboxylic acids is 1. The van der Waals surface area contributed by atoms with Gasteiger partial charge in [0.05, 0.1) is 11.9 Å². The molecule has 0 aliphatic heterocycles. The summed E-state index contributed by atoms with van der Waals surface area (Å²) in [4.78, 5) is 14.0. The molecule has 1 aliphatic carbocycles. The van der Waals surface area contributed by atoms with E-state index in [1.807, 2.05) is 11.9 Å². The maximum absolute atomic E-state index is 12.2. The van der Waals surface area contributed by atoms with Gasteiger partial charge in [-0.3, -0.25) is 9.89 Å². The first-order chi connectivity index (χ1) is 8.20. The highest BCUT2D eigenvalue weighted by molar-refractivity contribution is 5.97. The van der Waals surface area contributed by atoms with Crippen molar-refractivity contribution in [2.24, 2.45) is 0 Å². The third-order valence-electron chi connectivity index (χ3n) is 3.58. The minimum absolute atomic E-state index is 0.0492. The first kappa shape index (κ1) is 12.0. The third kappa shape index (κ3) is 2.60. The Morgan fingerprint density at radius 1 is 1.41 bits per heavy atom. The molecule has 0 atom stereocenters. The molecule has 0 bridgehead atoms. The topological polar surface area (TPSA) is 75.0 Å². The second-order valence-corrected chi connectivity index (χ2v) is 4.76. The van der Waals surface area contributed by atoms with Crippen LogP contribution < -0.4 is 5.73 Å². The molecule has 1 fully saturated rings. The minimum atomic E-state index is -0.0492. The summed E-state index contributed by atoms with van der Waals surface area (Å²) in [6.07, 6.45) is 8.65. The van der Waals surface area contributed by atoms with Gasteiger partial charge in [0.1, 0.15) is 5.69 Å². The van der Waals surface area contributed by atoms with Gasteiger partial charge in [0.25, 0.3) is 5.91 Å².